The van der Waals surface area contributed by atoms with Crippen LogP contribution in [0.1, 0.15) is 0 Å². The molecule has 0 aliphatic heterocycles. The maximum Gasteiger partial charge on any atom is 0.136 e. The van der Waals surface area contributed by atoms with Crippen molar-refractivity contribution in [2.24, 2.45) is 0 Å². The van der Waals surface area contributed by atoms with Crippen LogP contribution in [0, 0.1) is 0 Å². The molecule has 9 aromatic carbocycles. The van der Waals surface area contributed by atoms with Crippen molar-refractivity contribution in [2.45, 2.75) is 0 Å². The lowest BCUT2D eigenvalue weighted by Crippen LogP contribution is -1.97. The number of nitrogens with zero attached hydrogens (tertiary/aromatic N) is 2. The van der Waals surface area contributed by atoms with Crippen LogP contribution in [0.4, 0.5) is 0 Å². The molecule has 0 unspecified atom stereocenters. The number of fused-ring (bicyclic) bond motifs is 10. The van der Waals surface area contributed by atoms with Crippen LogP contribution in [0.2, 0.25) is 0 Å². The SMILES string of the molecule is c1ccc(-c2cc(-c3ccccc3)cc(-n3c4ccccc4c4c3ccc3c5ccccc5n(-c5cccc(-c6cccc7oc8ccccc8c67)c5)c34)c2)cc1. The second kappa shape index (κ2) is 12.5. The molecule has 3 heterocycles. The van der Waals surface area contributed by atoms with Crippen LogP contribution in [0.15, 0.2) is 211 Å². The van der Waals surface area contributed by atoms with Crippen LogP contribution in [0.5, 0.6) is 0 Å². The van der Waals surface area contributed by atoms with E-state index in [1.165, 1.54) is 65.9 Å². The first kappa shape index (κ1) is 31.7. The van der Waals surface area contributed by atoms with E-state index in [4.69, 9.17) is 4.42 Å². The fourth-order valence-electron chi connectivity index (χ4n) is 9.22. The van der Waals surface area contributed by atoms with Crippen LogP contribution in [-0.4, -0.2) is 9.13 Å². The molecule has 266 valence electrons. The Morgan fingerprint density at radius 2 is 0.877 bits per heavy atom. The van der Waals surface area contributed by atoms with Crippen molar-refractivity contribution < 1.29 is 4.42 Å². The number of rotatable bonds is 5. The molecular formula is C54H34N2O. The van der Waals surface area contributed by atoms with Gasteiger partial charge in [-0.2, -0.15) is 0 Å². The van der Waals surface area contributed by atoms with E-state index < -0.39 is 0 Å². The Hall–Kier alpha value is -7.62. The average molecular weight is 727 g/mol. The van der Waals surface area contributed by atoms with Crippen molar-refractivity contribution >= 4 is 65.6 Å². The number of hydrogen-bond acceptors (Lipinski definition) is 1. The maximum atomic E-state index is 6.32. The standard InChI is InChI=1S/C54H34N2O/c1-3-15-35(16-4-1)38-31-39(36-17-5-2-6-18-36)34-41(33-38)55-48-26-11-8-22-45(48)53-49(55)30-29-44-43-21-7-10-25-47(43)56(54(44)53)40-20-13-19-37(32-40)42-24-14-28-51-52(42)46-23-9-12-27-50(46)57-51/h1-34H. The Labute approximate surface area is 328 Å². The molecule has 0 spiro atoms. The Morgan fingerprint density at radius 1 is 0.298 bits per heavy atom. The maximum absolute atomic E-state index is 6.32. The Kier molecular flexibility index (Phi) is 6.93. The molecule has 0 amide bonds. The Morgan fingerprint density at radius 3 is 1.63 bits per heavy atom. The van der Waals surface area contributed by atoms with Gasteiger partial charge in [0.25, 0.3) is 0 Å². The van der Waals surface area contributed by atoms with Gasteiger partial charge < -0.3 is 13.6 Å². The van der Waals surface area contributed by atoms with E-state index >= 15 is 0 Å². The summed E-state index contributed by atoms with van der Waals surface area (Å²) in [4.78, 5) is 0. The molecule has 0 radical (unpaired) electrons. The van der Waals surface area contributed by atoms with Gasteiger partial charge in [0.05, 0.1) is 22.1 Å². The number of benzene rings is 9. The highest BCUT2D eigenvalue weighted by Gasteiger charge is 2.22. The number of para-hydroxylation sites is 3. The number of aromatic nitrogens is 2. The van der Waals surface area contributed by atoms with Crippen LogP contribution >= 0.6 is 0 Å². The molecule has 12 rings (SSSR count). The Bertz CT molecular complexity index is 3450. The molecule has 0 aliphatic carbocycles. The monoisotopic (exact) mass is 726 g/mol. The topological polar surface area (TPSA) is 23.0 Å². The molecule has 0 fully saturated rings. The average Bonchev–Trinajstić information content (AvgIpc) is 3.95. The van der Waals surface area contributed by atoms with Crippen molar-refractivity contribution in [3.05, 3.63) is 206 Å². The summed E-state index contributed by atoms with van der Waals surface area (Å²) in [5.41, 5.74) is 15.8. The predicted molar refractivity (Wildman–Crippen MR) is 239 cm³/mol. The van der Waals surface area contributed by atoms with Gasteiger partial charge in [-0.3, -0.25) is 0 Å². The fourth-order valence-corrected chi connectivity index (χ4v) is 9.22. The van der Waals surface area contributed by atoms with Crippen LogP contribution in [0.25, 0.3) is 110 Å². The van der Waals surface area contributed by atoms with E-state index in [0.717, 1.165) is 44.4 Å². The molecule has 3 aromatic heterocycles. The lowest BCUT2D eigenvalue weighted by Gasteiger charge is -2.14. The lowest BCUT2D eigenvalue weighted by molar-refractivity contribution is 0.669. The predicted octanol–water partition coefficient (Wildman–Crippen LogP) is 14.8. The zero-order valence-electron chi connectivity index (χ0n) is 30.9. The normalized spacial score (nSPS) is 11.9. The van der Waals surface area contributed by atoms with Gasteiger partial charge in [-0.15, -0.1) is 0 Å². The molecular weight excluding hydrogens is 693 g/mol. The third-order valence-electron chi connectivity index (χ3n) is 11.7. The highest BCUT2D eigenvalue weighted by atomic mass is 16.3. The van der Waals surface area contributed by atoms with Gasteiger partial charge in [0.1, 0.15) is 11.2 Å². The zero-order valence-corrected chi connectivity index (χ0v) is 30.9. The molecule has 0 bridgehead atoms. The van der Waals surface area contributed by atoms with E-state index in [1.807, 2.05) is 6.07 Å². The van der Waals surface area contributed by atoms with Crippen LogP contribution < -0.4 is 0 Å². The van der Waals surface area contributed by atoms with Gasteiger partial charge in [-0.05, 0) is 94.0 Å². The summed E-state index contributed by atoms with van der Waals surface area (Å²) >= 11 is 0. The van der Waals surface area contributed by atoms with E-state index in [2.05, 4.69) is 209 Å². The van der Waals surface area contributed by atoms with Gasteiger partial charge in [-0.1, -0.05) is 146 Å². The van der Waals surface area contributed by atoms with Crippen LogP contribution in [0.3, 0.4) is 0 Å². The smallest absolute Gasteiger partial charge is 0.136 e. The summed E-state index contributed by atoms with van der Waals surface area (Å²) < 4.78 is 11.3. The molecule has 0 aliphatic rings. The zero-order chi connectivity index (χ0) is 37.5. The molecule has 0 saturated carbocycles. The van der Waals surface area contributed by atoms with Crippen molar-refractivity contribution in [2.75, 3.05) is 0 Å². The second-order valence-electron chi connectivity index (χ2n) is 14.9. The molecule has 12 aromatic rings. The number of hydrogen-bond donors (Lipinski definition) is 0. The quantitative estimate of drug-likeness (QED) is 0.173. The highest BCUT2D eigenvalue weighted by molar-refractivity contribution is 6.26. The summed E-state index contributed by atoms with van der Waals surface area (Å²) in [6.45, 7) is 0. The first-order valence-electron chi connectivity index (χ1n) is 19.5. The van der Waals surface area contributed by atoms with Gasteiger partial charge >= 0.3 is 0 Å². The van der Waals surface area contributed by atoms with E-state index in [-0.39, 0.29) is 0 Å². The minimum Gasteiger partial charge on any atom is -0.456 e. The summed E-state index contributed by atoms with van der Waals surface area (Å²) in [5.74, 6) is 0. The second-order valence-corrected chi connectivity index (χ2v) is 14.9. The van der Waals surface area contributed by atoms with Gasteiger partial charge in [0.2, 0.25) is 0 Å². The van der Waals surface area contributed by atoms with E-state index in [0.29, 0.717) is 0 Å². The van der Waals surface area contributed by atoms with Gasteiger partial charge in [0.15, 0.2) is 0 Å². The van der Waals surface area contributed by atoms with Crippen molar-refractivity contribution in [1.82, 2.24) is 9.13 Å². The van der Waals surface area contributed by atoms with Gasteiger partial charge in [-0.25, -0.2) is 0 Å². The van der Waals surface area contributed by atoms with Gasteiger partial charge in [0, 0.05) is 43.7 Å². The molecule has 57 heavy (non-hydrogen) atoms. The molecule has 3 heteroatoms. The number of furan rings is 1. The lowest BCUT2D eigenvalue weighted by atomic mass is 9.98. The summed E-state index contributed by atoms with van der Waals surface area (Å²) in [6, 6.07) is 74.5. The Balaban J connectivity index is 1.15. The van der Waals surface area contributed by atoms with E-state index in [1.54, 1.807) is 0 Å². The van der Waals surface area contributed by atoms with Crippen molar-refractivity contribution in [3.8, 4) is 44.8 Å². The molecule has 0 saturated heterocycles. The molecule has 0 atom stereocenters. The summed E-state index contributed by atoms with van der Waals surface area (Å²) in [6.07, 6.45) is 0. The third-order valence-corrected chi connectivity index (χ3v) is 11.7. The highest BCUT2D eigenvalue weighted by Crippen LogP contribution is 2.44. The fraction of sp³-hybridized carbons (Fsp3) is 0. The summed E-state index contributed by atoms with van der Waals surface area (Å²) in [5, 5.41) is 7.20. The summed E-state index contributed by atoms with van der Waals surface area (Å²) in [7, 11) is 0. The largest absolute Gasteiger partial charge is 0.456 e. The minimum absolute atomic E-state index is 0.900. The first-order chi connectivity index (χ1) is 28.3. The van der Waals surface area contributed by atoms with Crippen molar-refractivity contribution in [1.29, 1.82) is 0 Å². The van der Waals surface area contributed by atoms with E-state index in [9.17, 15) is 0 Å². The molecule has 3 nitrogen and oxygen atoms in total. The third kappa shape index (κ3) is 4.86. The van der Waals surface area contributed by atoms with Crippen LogP contribution in [-0.2, 0) is 0 Å². The van der Waals surface area contributed by atoms with Crippen molar-refractivity contribution in [3.63, 3.8) is 0 Å². The minimum atomic E-state index is 0.900. The first-order valence-corrected chi connectivity index (χ1v) is 19.5. The molecule has 0 N–H and O–H groups in total.